The molecule has 1 N–H and O–H groups in total. The number of carbonyl (C=O) groups excluding carboxylic acids is 2. The third-order valence-corrected chi connectivity index (χ3v) is 6.50. The molecule has 1 aromatic carbocycles. The molecular formula is C25H27FN6O4. The predicted octanol–water partition coefficient (Wildman–Crippen LogP) is 3.19. The van der Waals surface area contributed by atoms with Gasteiger partial charge in [-0.3, -0.25) is 14.7 Å². The van der Waals surface area contributed by atoms with Gasteiger partial charge in [0.15, 0.2) is 5.82 Å². The Morgan fingerprint density at radius 1 is 1.25 bits per heavy atom. The quantitative estimate of drug-likeness (QED) is 0.533. The van der Waals surface area contributed by atoms with Crippen molar-refractivity contribution in [1.29, 1.82) is 0 Å². The molecule has 2 aliphatic heterocycles. The van der Waals surface area contributed by atoms with Crippen LogP contribution in [0.5, 0.6) is 0 Å². The number of pyridine rings is 1. The van der Waals surface area contributed by atoms with Crippen molar-refractivity contribution >= 4 is 23.4 Å². The molecule has 0 spiro atoms. The zero-order valence-electron chi connectivity index (χ0n) is 19.9. The Bertz CT molecular complexity index is 1230. The molecule has 1 unspecified atom stereocenters. The minimum atomic E-state index is -0.550. The van der Waals surface area contributed by atoms with Crippen LogP contribution in [0, 0.1) is 11.7 Å². The monoisotopic (exact) mass is 494 g/mol. The molecule has 0 radical (unpaired) electrons. The Balaban J connectivity index is 1.16. The van der Waals surface area contributed by atoms with E-state index in [9.17, 15) is 9.59 Å². The number of hydrogen-bond acceptors (Lipinski definition) is 8. The number of aromatic nitrogens is 3. The van der Waals surface area contributed by atoms with Crippen LogP contribution in [0.25, 0.3) is 11.5 Å². The number of hydrogen-bond donors (Lipinski definition) is 1. The second-order valence-corrected chi connectivity index (χ2v) is 9.08. The molecule has 10 nitrogen and oxygen atoms in total. The smallest absolute Gasteiger partial charge is 0.414 e. The highest BCUT2D eigenvalue weighted by atomic mass is 19.1. The zero-order chi connectivity index (χ0) is 25.1. The molecule has 36 heavy (non-hydrogen) atoms. The molecule has 2 amide bonds. The van der Waals surface area contributed by atoms with Gasteiger partial charge in [0.05, 0.1) is 30.0 Å². The van der Waals surface area contributed by atoms with Crippen molar-refractivity contribution < 1.29 is 23.2 Å². The molecule has 2 aromatic heterocycles. The second-order valence-electron chi connectivity index (χ2n) is 9.08. The van der Waals surface area contributed by atoms with E-state index in [1.807, 2.05) is 17.0 Å². The number of anilines is 2. The topological polar surface area (TPSA) is 114 Å². The largest absolute Gasteiger partial charge is 0.442 e. The van der Waals surface area contributed by atoms with E-state index in [-0.39, 0.29) is 24.8 Å². The fourth-order valence-electron chi connectivity index (χ4n) is 4.60. The molecule has 0 aliphatic carbocycles. The summed E-state index contributed by atoms with van der Waals surface area (Å²) in [5, 5.41) is 6.74. The zero-order valence-corrected chi connectivity index (χ0v) is 19.9. The van der Waals surface area contributed by atoms with E-state index in [1.165, 1.54) is 17.9 Å². The SMILES string of the molecule is CC(=O)NCC1CN(c2ccc(N3CCC(Cc4noc(-c5cccnc5)n4)CC3)c(F)c2)C(=O)O1. The summed E-state index contributed by atoms with van der Waals surface area (Å²) in [6, 6.07) is 8.50. The molecule has 188 valence electrons. The van der Waals surface area contributed by atoms with Gasteiger partial charge in [0.2, 0.25) is 5.91 Å². The van der Waals surface area contributed by atoms with E-state index < -0.39 is 12.2 Å². The minimum Gasteiger partial charge on any atom is -0.442 e. The number of amides is 2. The van der Waals surface area contributed by atoms with Crippen LogP contribution in [-0.4, -0.2) is 59.4 Å². The lowest BCUT2D eigenvalue weighted by atomic mass is 9.93. The van der Waals surface area contributed by atoms with Crippen molar-refractivity contribution in [1.82, 2.24) is 20.4 Å². The Kier molecular flexibility index (Phi) is 6.79. The lowest BCUT2D eigenvalue weighted by Crippen LogP contribution is -2.35. The first-order valence-corrected chi connectivity index (χ1v) is 12.0. The van der Waals surface area contributed by atoms with Crippen LogP contribution in [0.15, 0.2) is 47.2 Å². The molecule has 11 heteroatoms. The average Bonchev–Trinajstić information content (AvgIpc) is 3.50. The maximum absolute atomic E-state index is 15.1. The van der Waals surface area contributed by atoms with Crippen molar-refractivity contribution in [2.45, 2.75) is 32.3 Å². The van der Waals surface area contributed by atoms with E-state index in [0.717, 1.165) is 18.4 Å². The highest BCUT2D eigenvalue weighted by Gasteiger charge is 2.33. The summed E-state index contributed by atoms with van der Waals surface area (Å²) < 4.78 is 25.7. The van der Waals surface area contributed by atoms with Gasteiger partial charge in [0.1, 0.15) is 11.9 Å². The maximum atomic E-state index is 15.1. The minimum absolute atomic E-state index is 0.199. The fraction of sp³-hybridized carbons (Fsp3) is 0.400. The summed E-state index contributed by atoms with van der Waals surface area (Å²) in [6.07, 6.45) is 4.82. The van der Waals surface area contributed by atoms with E-state index in [2.05, 4.69) is 20.4 Å². The summed E-state index contributed by atoms with van der Waals surface area (Å²) in [4.78, 5) is 35.3. The Labute approximate surface area is 207 Å². The predicted molar refractivity (Wildman–Crippen MR) is 129 cm³/mol. The standard InChI is InChI=1S/C25H27FN6O4/c1-16(33)28-14-20-15-32(25(34)35-20)19-4-5-22(21(26)12-19)31-9-6-17(7-10-31)11-23-29-24(36-30-23)18-3-2-8-27-13-18/h2-5,8,12-13,17,20H,6-7,9-11,14-15H2,1H3,(H,28,33). The number of rotatable bonds is 7. The van der Waals surface area contributed by atoms with Gasteiger partial charge in [-0.1, -0.05) is 5.16 Å². The van der Waals surface area contributed by atoms with Gasteiger partial charge in [-0.2, -0.15) is 4.98 Å². The van der Waals surface area contributed by atoms with Crippen LogP contribution in [-0.2, 0) is 16.0 Å². The summed E-state index contributed by atoms with van der Waals surface area (Å²) >= 11 is 0. The van der Waals surface area contributed by atoms with Crippen LogP contribution >= 0.6 is 0 Å². The van der Waals surface area contributed by atoms with Crippen molar-refractivity contribution in [3.8, 4) is 11.5 Å². The first-order valence-electron chi connectivity index (χ1n) is 12.0. The number of cyclic esters (lactones) is 1. The van der Waals surface area contributed by atoms with Crippen LogP contribution in [0.2, 0.25) is 0 Å². The lowest BCUT2D eigenvalue weighted by Gasteiger charge is -2.33. The molecule has 2 fully saturated rings. The molecule has 2 saturated heterocycles. The number of nitrogens with zero attached hydrogens (tertiary/aromatic N) is 5. The van der Waals surface area contributed by atoms with Gasteiger partial charge >= 0.3 is 6.09 Å². The van der Waals surface area contributed by atoms with Crippen LogP contribution in [0.1, 0.15) is 25.6 Å². The summed E-state index contributed by atoms with van der Waals surface area (Å²) in [6.45, 7) is 3.29. The van der Waals surface area contributed by atoms with E-state index in [0.29, 0.717) is 48.5 Å². The van der Waals surface area contributed by atoms with Crippen molar-refractivity contribution in [2.24, 2.45) is 5.92 Å². The van der Waals surface area contributed by atoms with E-state index >= 15 is 4.39 Å². The Morgan fingerprint density at radius 2 is 2.08 bits per heavy atom. The summed E-state index contributed by atoms with van der Waals surface area (Å²) in [7, 11) is 0. The number of ether oxygens (including phenoxy) is 1. The second kappa shape index (κ2) is 10.3. The first kappa shape index (κ1) is 23.7. The van der Waals surface area contributed by atoms with Crippen molar-refractivity contribution in [3.63, 3.8) is 0 Å². The first-order chi connectivity index (χ1) is 17.5. The summed E-state index contributed by atoms with van der Waals surface area (Å²) in [5.41, 5.74) is 1.73. The Morgan fingerprint density at radius 3 is 2.81 bits per heavy atom. The van der Waals surface area contributed by atoms with Crippen molar-refractivity contribution in [3.05, 3.63) is 54.4 Å². The molecule has 0 bridgehead atoms. The molecule has 3 aromatic rings. The van der Waals surface area contributed by atoms with Gasteiger partial charge in [0, 0.05) is 38.8 Å². The molecule has 4 heterocycles. The molecular weight excluding hydrogens is 467 g/mol. The normalized spacial score (nSPS) is 18.4. The average molecular weight is 495 g/mol. The highest BCUT2D eigenvalue weighted by Crippen LogP contribution is 2.31. The van der Waals surface area contributed by atoms with Crippen LogP contribution < -0.4 is 15.1 Å². The van der Waals surface area contributed by atoms with Gasteiger partial charge in [-0.05, 0) is 49.1 Å². The maximum Gasteiger partial charge on any atom is 0.414 e. The van der Waals surface area contributed by atoms with Gasteiger partial charge in [0.25, 0.3) is 5.89 Å². The van der Waals surface area contributed by atoms with Gasteiger partial charge in [-0.15, -0.1) is 0 Å². The number of benzene rings is 1. The number of nitrogens with one attached hydrogen (secondary N) is 1. The van der Waals surface area contributed by atoms with Gasteiger partial charge < -0.3 is 19.5 Å². The number of carbonyl (C=O) groups is 2. The molecule has 5 rings (SSSR count). The Hall–Kier alpha value is -4.02. The summed E-state index contributed by atoms with van der Waals surface area (Å²) in [5.74, 6) is 0.916. The number of piperidine rings is 1. The third-order valence-electron chi connectivity index (χ3n) is 6.50. The number of halogens is 1. The molecule has 0 saturated carbocycles. The van der Waals surface area contributed by atoms with Crippen LogP contribution in [0.3, 0.4) is 0 Å². The van der Waals surface area contributed by atoms with Crippen LogP contribution in [0.4, 0.5) is 20.6 Å². The van der Waals surface area contributed by atoms with E-state index in [1.54, 1.807) is 24.5 Å². The fourth-order valence-corrected chi connectivity index (χ4v) is 4.60. The molecule has 2 aliphatic rings. The van der Waals surface area contributed by atoms with Crippen molar-refractivity contribution in [2.75, 3.05) is 36.0 Å². The molecule has 1 atom stereocenters. The van der Waals surface area contributed by atoms with Gasteiger partial charge in [-0.25, -0.2) is 9.18 Å². The van der Waals surface area contributed by atoms with E-state index in [4.69, 9.17) is 9.26 Å². The highest BCUT2D eigenvalue weighted by molar-refractivity contribution is 5.90. The third kappa shape index (κ3) is 5.29. The lowest BCUT2D eigenvalue weighted by molar-refractivity contribution is -0.119.